The maximum absolute atomic E-state index is 12.3. The maximum atomic E-state index is 12.3. The zero-order valence-corrected chi connectivity index (χ0v) is 12.3. The molecule has 3 N–H and O–H groups in total. The van der Waals surface area contributed by atoms with Crippen molar-refractivity contribution in [2.24, 2.45) is 11.3 Å². The molecular weight excluding hydrogens is 244 g/mol. The van der Waals surface area contributed by atoms with Crippen LogP contribution in [0.15, 0.2) is 0 Å². The van der Waals surface area contributed by atoms with Crippen LogP contribution in [0.3, 0.4) is 0 Å². The van der Waals surface area contributed by atoms with Gasteiger partial charge in [-0.25, -0.2) is 4.79 Å². The van der Waals surface area contributed by atoms with Crippen LogP contribution in [0.5, 0.6) is 0 Å². The number of carboxylic acids is 1. The zero-order chi connectivity index (χ0) is 14.6. The third-order valence-corrected chi connectivity index (χ3v) is 3.71. The lowest BCUT2D eigenvalue weighted by Crippen LogP contribution is -2.58. The molecule has 19 heavy (non-hydrogen) atoms. The van der Waals surface area contributed by atoms with Crippen LogP contribution in [0.25, 0.3) is 0 Å². The van der Waals surface area contributed by atoms with E-state index in [4.69, 9.17) is 5.11 Å². The highest BCUT2D eigenvalue weighted by molar-refractivity contribution is 5.87. The van der Waals surface area contributed by atoms with Gasteiger partial charge in [0.1, 0.15) is 6.04 Å². The second kappa shape index (κ2) is 6.37. The smallest absolute Gasteiger partial charge is 0.326 e. The number of hydrogen-bond acceptors (Lipinski definition) is 3. The summed E-state index contributed by atoms with van der Waals surface area (Å²) in [5, 5.41) is 15.0. The Bertz CT molecular complexity index is 340. The van der Waals surface area contributed by atoms with Crippen molar-refractivity contribution in [3.63, 3.8) is 0 Å². The normalized spacial score (nSPS) is 23.9. The van der Waals surface area contributed by atoms with E-state index in [1.54, 1.807) is 0 Å². The van der Waals surface area contributed by atoms with E-state index in [1.807, 2.05) is 27.7 Å². The molecule has 0 aliphatic carbocycles. The van der Waals surface area contributed by atoms with E-state index in [-0.39, 0.29) is 23.3 Å². The van der Waals surface area contributed by atoms with E-state index in [0.717, 1.165) is 19.4 Å². The van der Waals surface area contributed by atoms with Crippen molar-refractivity contribution < 1.29 is 14.7 Å². The Hall–Kier alpha value is -1.10. The molecule has 5 nitrogen and oxygen atoms in total. The molecule has 1 aliphatic heterocycles. The molecule has 0 bridgehead atoms. The number of amides is 1. The Morgan fingerprint density at radius 2 is 2.05 bits per heavy atom. The minimum absolute atomic E-state index is 0.136. The van der Waals surface area contributed by atoms with E-state index >= 15 is 0 Å². The van der Waals surface area contributed by atoms with Gasteiger partial charge >= 0.3 is 5.97 Å². The summed E-state index contributed by atoms with van der Waals surface area (Å²) in [7, 11) is 0. The lowest BCUT2D eigenvalue weighted by molar-refractivity contribution is -0.143. The Balaban J connectivity index is 2.68. The van der Waals surface area contributed by atoms with Crippen LogP contribution in [0, 0.1) is 11.3 Å². The summed E-state index contributed by atoms with van der Waals surface area (Å²) >= 11 is 0. The molecule has 1 aliphatic rings. The van der Waals surface area contributed by atoms with Crippen LogP contribution in [-0.4, -0.2) is 35.6 Å². The fourth-order valence-corrected chi connectivity index (χ4v) is 2.61. The first-order valence-electron chi connectivity index (χ1n) is 7.00. The Morgan fingerprint density at radius 1 is 1.42 bits per heavy atom. The molecule has 0 aromatic rings. The standard InChI is InChI=1S/C14H26N2O3/c1-9(2)8-10(13(18)19)16-12(17)11-14(3,4)6-5-7-15-11/h9-11,15H,5-8H2,1-4H3,(H,16,17)(H,18,19). The van der Waals surface area contributed by atoms with Crippen molar-refractivity contribution in [1.29, 1.82) is 0 Å². The summed E-state index contributed by atoms with van der Waals surface area (Å²) in [4.78, 5) is 23.5. The van der Waals surface area contributed by atoms with Crippen molar-refractivity contribution >= 4 is 11.9 Å². The molecule has 0 radical (unpaired) electrons. The number of carbonyl (C=O) groups excluding carboxylic acids is 1. The van der Waals surface area contributed by atoms with Gasteiger partial charge < -0.3 is 15.7 Å². The van der Waals surface area contributed by atoms with Crippen molar-refractivity contribution in [2.45, 2.75) is 59.0 Å². The summed E-state index contributed by atoms with van der Waals surface area (Å²) in [6.45, 7) is 8.79. The second-order valence-corrected chi connectivity index (χ2v) is 6.51. The predicted octanol–water partition coefficient (Wildman–Crippen LogP) is 1.38. The van der Waals surface area contributed by atoms with Gasteiger partial charge in [-0.15, -0.1) is 0 Å². The highest BCUT2D eigenvalue weighted by atomic mass is 16.4. The molecule has 110 valence electrons. The molecule has 1 fully saturated rings. The first kappa shape index (κ1) is 16.0. The topological polar surface area (TPSA) is 78.4 Å². The number of aliphatic carboxylic acids is 1. The maximum Gasteiger partial charge on any atom is 0.326 e. The lowest BCUT2D eigenvalue weighted by Gasteiger charge is -2.38. The summed E-state index contributed by atoms with van der Waals surface area (Å²) in [5.41, 5.74) is -0.136. The molecule has 1 heterocycles. The van der Waals surface area contributed by atoms with E-state index in [1.165, 1.54) is 0 Å². The van der Waals surface area contributed by atoms with Crippen molar-refractivity contribution in [3.8, 4) is 0 Å². The fraction of sp³-hybridized carbons (Fsp3) is 0.857. The fourth-order valence-electron chi connectivity index (χ4n) is 2.61. The molecule has 2 unspecified atom stereocenters. The molecule has 0 spiro atoms. The van der Waals surface area contributed by atoms with E-state index in [9.17, 15) is 9.59 Å². The van der Waals surface area contributed by atoms with E-state index < -0.39 is 12.0 Å². The van der Waals surface area contributed by atoms with Crippen LogP contribution in [0.1, 0.15) is 47.0 Å². The third kappa shape index (κ3) is 4.49. The molecule has 0 aromatic heterocycles. The quantitative estimate of drug-likeness (QED) is 0.705. The van der Waals surface area contributed by atoms with Crippen LogP contribution < -0.4 is 10.6 Å². The summed E-state index contributed by atoms with van der Waals surface area (Å²) in [6, 6.07) is -1.11. The number of rotatable bonds is 5. The predicted molar refractivity (Wildman–Crippen MR) is 73.8 cm³/mol. The first-order chi connectivity index (χ1) is 8.74. The van der Waals surface area contributed by atoms with Crippen LogP contribution in [0.2, 0.25) is 0 Å². The summed E-state index contributed by atoms with van der Waals surface area (Å²) in [5.74, 6) is -0.929. The molecule has 0 saturated carbocycles. The second-order valence-electron chi connectivity index (χ2n) is 6.51. The van der Waals surface area contributed by atoms with Gasteiger partial charge in [-0.2, -0.15) is 0 Å². The average Bonchev–Trinajstić information content (AvgIpc) is 2.26. The SMILES string of the molecule is CC(C)CC(NC(=O)C1NCCCC1(C)C)C(=O)O. The number of carbonyl (C=O) groups is 2. The number of hydrogen-bond donors (Lipinski definition) is 3. The zero-order valence-electron chi connectivity index (χ0n) is 12.3. The van der Waals surface area contributed by atoms with Crippen LogP contribution >= 0.6 is 0 Å². The Labute approximate surface area is 115 Å². The largest absolute Gasteiger partial charge is 0.480 e. The summed E-state index contributed by atoms with van der Waals surface area (Å²) in [6.07, 6.45) is 2.47. The molecule has 2 atom stereocenters. The van der Waals surface area contributed by atoms with E-state index in [2.05, 4.69) is 10.6 Å². The molecule has 1 amide bonds. The third-order valence-electron chi connectivity index (χ3n) is 3.71. The van der Waals surface area contributed by atoms with Gasteiger partial charge in [-0.1, -0.05) is 27.7 Å². The van der Waals surface area contributed by atoms with Gasteiger partial charge in [-0.3, -0.25) is 4.79 Å². The monoisotopic (exact) mass is 270 g/mol. The van der Waals surface area contributed by atoms with Gasteiger partial charge in [0.15, 0.2) is 0 Å². The number of carboxylic acid groups (broad SMARTS) is 1. The van der Waals surface area contributed by atoms with Gasteiger partial charge in [0, 0.05) is 0 Å². The number of nitrogens with one attached hydrogen (secondary N) is 2. The Kier molecular flexibility index (Phi) is 5.35. The molecule has 1 rings (SSSR count). The van der Waals surface area contributed by atoms with Crippen molar-refractivity contribution in [3.05, 3.63) is 0 Å². The summed E-state index contributed by atoms with van der Waals surface area (Å²) < 4.78 is 0. The van der Waals surface area contributed by atoms with Crippen LogP contribution in [0.4, 0.5) is 0 Å². The average molecular weight is 270 g/mol. The van der Waals surface area contributed by atoms with E-state index in [0.29, 0.717) is 6.42 Å². The minimum atomic E-state index is -0.962. The molecule has 5 heteroatoms. The van der Waals surface area contributed by atoms with Gasteiger partial charge in [0.25, 0.3) is 0 Å². The lowest BCUT2D eigenvalue weighted by atomic mass is 9.77. The molecule has 0 aromatic carbocycles. The minimum Gasteiger partial charge on any atom is -0.480 e. The molecular formula is C14H26N2O3. The highest BCUT2D eigenvalue weighted by Crippen LogP contribution is 2.30. The first-order valence-corrected chi connectivity index (χ1v) is 7.00. The van der Waals surface area contributed by atoms with Gasteiger partial charge in [0.2, 0.25) is 5.91 Å². The molecule has 1 saturated heterocycles. The van der Waals surface area contributed by atoms with Gasteiger partial charge in [-0.05, 0) is 37.1 Å². The highest BCUT2D eigenvalue weighted by Gasteiger charge is 2.38. The van der Waals surface area contributed by atoms with Gasteiger partial charge in [0.05, 0.1) is 6.04 Å². The number of piperidine rings is 1. The Morgan fingerprint density at radius 3 is 2.53 bits per heavy atom. The van der Waals surface area contributed by atoms with Crippen LogP contribution in [-0.2, 0) is 9.59 Å². The van der Waals surface area contributed by atoms with Crippen molar-refractivity contribution in [1.82, 2.24) is 10.6 Å². The van der Waals surface area contributed by atoms with Crippen molar-refractivity contribution in [2.75, 3.05) is 6.54 Å².